The van der Waals surface area contributed by atoms with Gasteiger partial charge < -0.3 is 4.57 Å². The molecule has 1 fully saturated rings. The lowest BCUT2D eigenvalue weighted by atomic mass is 9.95. The Labute approximate surface area is 113 Å². The molecule has 0 N–H and O–H groups in total. The monoisotopic (exact) mass is 311 g/mol. The van der Waals surface area contributed by atoms with E-state index in [1.807, 2.05) is 6.33 Å². The van der Waals surface area contributed by atoms with Gasteiger partial charge in [-0.1, -0.05) is 19.3 Å². The Morgan fingerprint density at radius 2 is 2.12 bits per heavy atom. The Bertz CT molecular complexity index is 499. The number of rotatable bonds is 2. The van der Waals surface area contributed by atoms with Crippen molar-refractivity contribution in [2.24, 2.45) is 0 Å². The largest absolute Gasteiger partial charge is 0.310 e. The van der Waals surface area contributed by atoms with Gasteiger partial charge in [-0.15, -0.1) is 21.5 Å². The Kier molecular flexibility index (Phi) is 3.29. The second kappa shape index (κ2) is 4.90. The van der Waals surface area contributed by atoms with E-state index in [-0.39, 0.29) is 0 Å². The lowest BCUT2D eigenvalue weighted by Crippen LogP contribution is -2.12. The number of hydrogen-bond donors (Lipinski definition) is 0. The van der Waals surface area contributed by atoms with Crippen LogP contribution in [0.2, 0.25) is 0 Å². The molecule has 3 nitrogen and oxygen atoms in total. The molecule has 0 bridgehead atoms. The first kappa shape index (κ1) is 11.4. The van der Waals surface area contributed by atoms with E-state index >= 15 is 0 Å². The Balaban J connectivity index is 1.93. The fourth-order valence-corrected chi connectivity index (χ4v) is 3.89. The summed E-state index contributed by atoms with van der Waals surface area (Å²) in [6.45, 7) is 0. The zero-order chi connectivity index (χ0) is 11.7. The van der Waals surface area contributed by atoms with Crippen LogP contribution in [0.25, 0.3) is 10.7 Å². The van der Waals surface area contributed by atoms with Crippen LogP contribution in [0, 0.1) is 0 Å². The summed E-state index contributed by atoms with van der Waals surface area (Å²) in [5, 5.41) is 10.5. The zero-order valence-corrected chi connectivity index (χ0v) is 11.9. The molecule has 0 unspecified atom stereocenters. The molecule has 0 aromatic carbocycles. The van der Waals surface area contributed by atoms with E-state index < -0.39 is 0 Å². The molecule has 0 radical (unpaired) electrons. The molecule has 2 aromatic heterocycles. The maximum Gasteiger partial charge on any atom is 0.174 e. The van der Waals surface area contributed by atoms with Crippen LogP contribution in [0.15, 0.2) is 22.2 Å². The average Bonchev–Trinajstić information content (AvgIpc) is 2.98. The van der Waals surface area contributed by atoms with E-state index in [9.17, 15) is 0 Å². The third-order valence-corrected chi connectivity index (χ3v) is 5.02. The fraction of sp³-hybridized carbons (Fsp3) is 0.500. The first-order valence-corrected chi connectivity index (χ1v) is 7.66. The number of hydrogen-bond acceptors (Lipinski definition) is 3. The summed E-state index contributed by atoms with van der Waals surface area (Å²) in [7, 11) is 0. The minimum Gasteiger partial charge on any atom is -0.310 e. The first-order chi connectivity index (χ1) is 8.34. The van der Waals surface area contributed by atoms with Crippen molar-refractivity contribution < 1.29 is 0 Å². The van der Waals surface area contributed by atoms with Crippen LogP contribution < -0.4 is 0 Å². The molecule has 2 aromatic rings. The Hall–Kier alpha value is -0.680. The molecular formula is C12H14BrN3S. The standard InChI is InChI=1S/C12H14BrN3S/c13-9-6-11(17-7-9)12-15-14-8-16(12)10-4-2-1-3-5-10/h6-8,10H,1-5H2. The predicted molar refractivity (Wildman–Crippen MR) is 73.2 cm³/mol. The van der Waals surface area contributed by atoms with Gasteiger partial charge in [0.25, 0.3) is 0 Å². The summed E-state index contributed by atoms with van der Waals surface area (Å²) in [4.78, 5) is 1.19. The fourth-order valence-electron chi connectivity index (χ4n) is 2.48. The summed E-state index contributed by atoms with van der Waals surface area (Å²) in [6, 6.07) is 2.71. The van der Waals surface area contributed by atoms with Crippen LogP contribution in [0.1, 0.15) is 38.1 Å². The molecule has 3 rings (SSSR count). The quantitative estimate of drug-likeness (QED) is 0.829. The van der Waals surface area contributed by atoms with Crippen LogP contribution in [0.3, 0.4) is 0 Å². The molecule has 90 valence electrons. The van der Waals surface area contributed by atoms with Crippen LogP contribution in [-0.4, -0.2) is 14.8 Å². The Morgan fingerprint density at radius 3 is 2.82 bits per heavy atom. The van der Waals surface area contributed by atoms with E-state index in [4.69, 9.17) is 0 Å². The maximum atomic E-state index is 4.28. The maximum absolute atomic E-state index is 4.28. The van der Waals surface area contributed by atoms with E-state index in [1.165, 1.54) is 37.0 Å². The Morgan fingerprint density at radius 1 is 1.29 bits per heavy atom. The third-order valence-electron chi connectivity index (χ3n) is 3.33. The van der Waals surface area contributed by atoms with Gasteiger partial charge in [-0.3, -0.25) is 0 Å². The summed E-state index contributed by atoms with van der Waals surface area (Å²) in [5.41, 5.74) is 0. The highest BCUT2D eigenvalue weighted by molar-refractivity contribution is 9.10. The molecular weight excluding hydrogens is 298 g/mol. The molecule has 1 aliphatic carbocycles. The highest BCUT2D eigenvalue weighted by Gasteiger charge is 2.19. The molecule has 0 spiro atoms. The smallest absolute Gasteiger partial charge is 0.174 e. The first-order valence-electron chi connectivity index (χ1n) is 5.98. The highest BCUT2D eigenvalue weighted by Crippen LogP contribution is 2.34. The van der Waals surface area contributed by atoms with Crippen molar-refractivity contribution in [1.29, 1.82) is 0 Å². The van der Waals surface area contributed by atoms with Gasteiger partial charge in [-0.25, -0.2) is 0 Å². The van der Waals surface area contributed by atoms with E-state index in [2.05, 4.69) is 42.1 Å². The van der Waals surface area contributed by atoms with Crippen LogP contribution in [0.5, 0.6) is 0 Å². The molecule has 1 saturated carbocycles. The van der Waals surface area contributed by atoms with E-state index in [0.717, 1.165) is 10.3 Å². The molecule has 0 amide bonds. The van der Waals surface area contributed by atoms with Gasteiger partial charge in [-0.2, -0.15) is 0 Å². The van der Waals surface area contributed by atoms with Gasteiger partial charge in [0, 0.05) is 15.9 Å². The van der Waals surface area contributed by atoms with E-state index in [1.54, 1.807) is 11.3 Å². The van der Waals surface area contributed by atoms with Crippen molar-refractivity contribution in [2.45, 2.75) is 38.1 Å². The number of nitrogens with zero attached hydrogens (tertiary/aromatic N) is 3. The van der Waals surface area contributed by atoms with Gasteiger partial charge >= 0.3 is 0 Å². The minimum absolute atomic E-state index is 0.592. The van der Waals surface area contributed by atoms with Crippen molar-refractivity contribution in [3.8, 4) is 10.7 Å². The van der Waals surface area contributed by atoms with E-state index in [0.29, 0.717) is 6.04 Å². The molecule has 0 saturated heterocycles. The lowest BCUT2D eigenvalue weighted by molar-refractivity contribution is 0.355. The second-order valence-electron chi connectivity index (χ2n) is 4.48. The third kappa shape index (κ3) is 2.31. The van der Waals surface area contributed by atoms with Crippen molar-refractivity contribution in [3.63, 3.8) is 0 Å². The van der Waals surface area contributed by atoms with Gasteiger partial charge in [0.1, 0.15) is 6.33 Å². The molecule has 2 heterocycles. The summed E-state index contributed by atoms with van der Waals surface area (Å²) in [5.74, 6) is 1.02. The minimum atomic E-state index is 0.592. The van der Waals surface area contributed by atoms with Crippen molar-refractivity contribution in [1.82, 2.24) is 14.8 Å². The predicted octanol–water partition coefficient (Wildman–Crippen LogP) is 4.27. The molecule has 5 heteroatoms. The van der Waals surface area contributed by atoms with Gasteiger partial charge in [0.2, 0.25) is 0 Å². The summed E-state index contributed by atoms with van der Waals surface area (Å²) in [6.07, 6.45) is 8.44. The van der Waals surface area contributed by atoms with Crippen molar-refractivity contribution in [2.75, 3.05) is 0 Å². The van der Waals surface area contributed by atoms with Gasteiger partial charge in [-0.05, 0) is 34.8 Å². The van der Waals surface area contributed by atoms with Crippen LogP contribution in [-0.2, 0) is 0 Å². The lowest BCUT2D eigenvalue weighted by Gasteiger charge is -2.23. The zero-order valence-electron chi connectivity index (χ0n) is 9.47. The van der Waals surface area contributed by atoms with Crippen molar-refractivity contribution in [3.05, 3.63) is 22.2 Å². The number of halogens is 1. The molecule has 0 atom stereocenters. The molecule has 0 aliphatic heterocycles. The SMILES string of the molecule is Brc1csc(-c2nncn2C2CCCCC2)c1. The van der Waals surface area contributed by atoms with Crippen LogP contribution >= 0.6 is 27.3 Å². The highest BCUT2D eigenvalue weighted by atomic mass is 79.9. The summed E-state index contributed by atoms with van der Waals surface area (Å²) < 4.78 is 3.38. The molecule has 17 heavy (non-hydrogen) atoms. The normalized spacial score (nSPS) is 17.5. The topological polar surface area (TPSA) is 30.7 Å². The number of thiophene rings is 1. The average molecular weight is 312 g/mol. The molecule has 1 aliphatic rings. The second-order valence-corrected chi connectivity index (χ2v) is 6.31. The number of aromatic nitrogens is 3. The summed E-state index contributed by atoms with van der Waals surface area (Å²) >= 11 is 5.21. The van der Waals surface area contributed by atoms with Gasteiger partial charge in [0.15, 0.2) is 5.82 Å². The van der Waals surface area contributed by atoms with Crippen molar-refractivity contribution >= 4 is 27.3 Å². The van der Waals surface area contributed by atoms with Crippen LogP contribution in [0.4, 0.5) is 0 Å². The van der Waals surface area contributed by atoms with Gasteiger partial charge in [0.05, 0.1) is 4.88 Å².